The van der Waals surface area contributed by atoms with Crippen molar-refractivity contribution in [1.29, 1.82) is 0 Å². The second kappa shape index (κ2) is 6.20. The van der Waals surface area contributed by atoms with Crippen LogP contribution in [0.4, 0.5) is 0 Å². The van der Waals surface area contributed by atoms with Crippen LogP contribution in [0.5, 0.6) is 0 Å². The first-order chi connectivity index (χ1) is 8.31. The molecule has 0 fully saturated rings. The van der Waals surface area contributed by atoms with Crippen molar-refractivity contribution in [3.8, 4) is 0 Å². The topological polar surface area (TPSA) is 29.9 Å². The Labute approximate surface area is 119 Å². The summed E-state index contributed by atoms with van der Waals surface area (Å²) in [6.07, 6.45) is 2.18. The molecule has 1 unspecified atom stereocenters. The van der Waals surface area contributed by atoms with E-state index in [0.29, 0.717) is 6.04 Å². The lowest BCUT2D eigenvalue weighted by Gasteiger charge is -2.30. The molecule has 1 rings (SSSR count). The van der Waals surface area contributed by atoms with Crippen molar-refractivity contribution < 1.29 is 0 Å². The van der Waals surface area contributed by atoms with Crippen molar-refractivity contribution in [2.45, 2.75) is 60.0 Å². The molecule has 18 heavy (non-hydrogen) atoms. The van der Waals surface area contributed by atoms with E-state index in [1.807, 2.05) is 7.05 Å². The first-order valence-corrected chi connectivity index (χ1v) is 7.49. The molecule has 1 atom stereocenters. The summed E-state index contributed by atoms with van der Waals surface area (Å²) in [6.45, 7) is 12.0. The zero-order chi connectivity index (χ0) is 13.9. The van der Waals surface area contributed by atoms with E-state index in [-0.39, 0.29) is 5.41 Å². The molecule has 104 valence electrons. The quantitative estimate of drug-likeness (QED) is 0.900. The predicted molar refractivity (Wildman–Crippen MR) is 81.0 cm³/mol. The van der Waals surface area contributed by atoms with Crippen LogP contribution in [-0.4, -0.2) is 22.9 Å². The molecule has 1 aromatic rings. The van der Waals surface area contributed by atoms with Gasteiger partial charge in [0.05, 0.1) is 15.9 Å². The van der Waals surface area contributed by atoms with Crippen LogP contribution in [0, 0.1) is 12.3 Å². The highest BCUT2D eigenvalue weighted by molar-refractivity contribution is 9.10. The van der Waals surface area contributed by atoms with Crippen molar-refractivity contribution in [3.63, 3.8) is 0 Å². The van der Waals surface area contributed by atoms with Crippen LogP contribution in [-0.2, 0) is 13.0 Å². The monoisotopic (exact) mass is 315 g/mol. The molecular formula is C14H26BrN3. The SMILES string of the molecule is CCn1nc(C)c(Br)c1CCC(NC)C(C)(C)C. The van der Waals surface area contributed by atoms with Crippen LogP contribution >= 0.6 is 15.9 Å². The Kier molecular flexibility index (Phi) is 5.41. The first-order valence-electron chi connectivity index (χ1n) is 6.70. The maximum atomic E-state index is 4.54. The maximum Gasteiger partial charge on any atom is 0.0738 e. The summed E-state index contributed by atoms with van der Waals surface area (Å²) in [5.74, 6) is 0. The Morgan fingerprint density at radius 1 is 1.39 bits per heavy atom. The minimum Gasteiger partial charge on any atom is -0.316 e. The smallest absolute Gasteiger partial charge is 0.0738 e. The van der Waals surface area contributed by atoms with E-state index in [9.17, 15) is 0 Å². The molecular weight excluding hydrogens is 290 g/mol. The van der Waals surface area contributed by atoms with Gasteiger partial charge in [-0.15, -0.1) is 0 Å². The minimum atomic E-state index is 0.285. The number of aromatic nitrogens is 2. The zero-order valence-electron chi connectivity index (χ0n) is 12.5. The molecule has 0 aliphatic heterocycles. The minimum absolute atomic E-state index is 0.285. The number of hydrogen-bond acceptors (Lipinski definition) is 2. The fourth-order valence-electron chi connectivity index (χ4n) is 2.40. The van der Waals surface area contributed by atoms with Crippen molar-refractivity contribution in [1.82, 2.24) is 15.1 Å². The van der Waals surface area contributed by atoms with Crippen LogP contribution in [0.25, 0.3) is 0 Å². The third-order valence-corrected chi connectivity index (χ3v) is 4.55. The van der Waals surface area contributed by atoms with Crippen LogP contribution < -0.4 is 5.32 Å². The molecule has 0 saturated carbocycles. The highest BCUT2D eigenvalue weighted by Gasteiger charge is 2.23. The van der Waals surface area contributed by atoms with Crippen molar-refractivity contribution in [2.24, 2.45) is 5.41 Å². The van der Waals surface area contributed by atoms with Gasteiger partial charge in [0.25, 0.3) is 0 Å². The Bertz CT molecular complexity index is 390. The van der Waals surface area contributed by atoms with E-state index in [0.717, 1.165) is 25.1 Å². The maximum absolute atomic E-state index is 4.54. The van der Waals surface area contributed by atoms with Gasteiger partial charge in [-0.05, 0) is 55.1 Å². The van der Waals surface area contributed by atoms with Gasteiger partial charge in [0, 0.05) is 12.6 Å². The Hall–Kier alpha value is -0.350. The van der Waals surface area contributed by atoms with Gasteiger partial charge in [-0.2, -0.15) is 5.10 Å². The molecule has 3 nitrogen and oxygen atoms in total. The van der Waals surface area contributed by atoms with E-state index >= 15 is 0 Å². The normalized spacial score (nSPS) is 13.9. The highest BCUT2D eigenvalue weighted by atomic mass is 79.9. The number of halogens is 1. The standard InChI is InChI=1S/C14H26BrN3/c1-7-18-11(13(15)10(2)17-18)8-9-12(16-6)14(3,4)5/h12,16H,7-9H2,1-6H3. The molecule has 0 amide bonds. The van der Waals surface area contributed by atoms with E-state index in [1.165, 1.54) is 10.2 Å². The van der Waals surface area contributed by atoms with Gasteiger partial charge in [-0.3, -0.25) is 4.68 Å². The Morgan fingerprint density at radius 2 is 2.00 bits per heavy atom. The number of nitrogens with zero attached hydrogens (tertiary/aromatic N) is 2. The van der Waals surface area contributed by atoms with Crippen LogP contribution in [0.3, 0.4) is 0 Å². The lowest BCUT2D eigenvalue weighted by atomic mass is 9.84. The summed E-state index contributed by atoms with van der Waals surface area (Å²) < 4.78 is 3.28. The second-order valence-electron chi connectivity index (χ2n) is 5.91. The van der Waals surface area contributed by atoms with E-state index in [1.54, 1.807) is 0 Å². The Balaban J connectivity index is 2.79. The molecule has 0 aliphatic carbocycles. The molecule has 0 aliphatic rings. The van der Waals surface area contributed by atoms with E-state index in [2.05, 4.69) is 65.6 Å². The summed E-state index contributed by atoms with van der Waals surface area (Å²) in [6, 6.07) is 0.518. The van der Waals surface area contributed by atoms with Gasteiger partial charge in [0.15, 0.2) is 0 Å². The largest absolute Gasteiger partial charge is 0.316 e. The van der Waals surface area contributed by atoms with E-state index < -0.39 is 0 Å². The van der Waals surface area contributed by atoms with Crippen molar-refractivity contribution in [2.75, 3.05) is 7.05 Å². The van der Waals surface area contributed by atoms with Crippen LogP contribution in [0.2, 0.25) is 0 Å². The van der Waals surface area contributed by atoms with Crippen LogP contribution in [0.15, 0.2) is 4.47 Å². The van der Waals surface area contributed by atoms with Crippen molar-refractivity contribution >= 4 is 15.9 Å². The average molecular weight is 316 g/mol. The summed E-state index contributed by atoms with van der Waals surface area (Å²) in [5.41, 5.74) is 2.69. The van der Waals surface area contributed by atoms with Crippen LogP contribution in [0.1, 0.15) is 45.5 Å². The number of aryl methyl sites for hydroxylation is 2. The van der Waals surface area contributed by atoms with Gasteiger partial charge in [-0.25, -0.2) is 0 Å². The van der Waals surface area contributed by atoms with Gasteiger partial charge in [0.2, 0.25) is 0 Å². The lowest BCUT2D eigenvalue weighted by molar-refractivity contribution is 0.266. The van der Waals surface area contributed by atoms with Gasteiger partial charge in [-0.1, -0.05) is 20.8 Å². The number of rotatable bonds is 5. The third-order valence-electron chi connectivity index (χ3n) is 3.52. The third kappa shape index (κ3) is 3.58. The molecule has 0 spiro atoms. The molecule has 1 aromatic heterocycles. The molecule has 0 radical (unpaired) electrons. The molecule has 0 bridgehead atoms. The number of hydrogen-bond donors (Lipinski definition) is 1. The van der Waals surface area contributed by atoms with Gasteiger partial charge >= 0.3 is 0 Å². The Morgan fingerprint density at radius 3 is 2.44 bits per heavy atom. The lowest BCUT2D eigenvalue weighted by Crippen LogP contribution is -2.38. The molecule has 1 N–H and O–H groups in total. The predicted octanol–water partition coefficient (Wildman–Crippen LogP) is 3.54. The molecule has 0 saturated heterocycles. The zero-order valence-corrected chi connectivity index (χ0v) is 14.1. The summed E-state index contributed by atoms with van der Waals surface area (Å²) >= 11 is 3.66. The average Bonchev–Trinajstić information content (AvgIpc) is 2.55. The highest BCUT2D eigenvalue weighted by Crippen LogP contribution is 2.26. The number of nitrogens with one attached hydrogen (secondary N) is 1. The molecule has 0 aromatic carbocycles. The summed E-state index contributed by atoms with van der Waals surface area (Å²) in [5, 5.41) is 7.98. The first kappa shape index (κ1) is 15.7. The van der Waals surface area contributed by atoms with Gasteiger partial charge < -0.3 is 5.32 Å². The van der Waals surface area contributed by atoms with Gasteiger partial charge in [0.1, 0.15) is 0 Å². The summed E-state index contributed by atoms with van der Waals surface area (Å²) in [7, 11) is 2.05. The molecule has 4 heteroatoms. The summed E-state index contributed by atoms with van der Waals surface area (Å²) in [4.78, 5) is 0. The van der Waals surface area contributed by atoms with E-state index in [4.69, 9.17) is 0 Å². The van der Waals surface area contributed by atoms with Crippen molar-refractivity contribution in [3.05, 3.63) is 15.9 Å². The second-order valence-corrected chi connectivity index (χ2v) is 6.70. The fraction of sp³-hybridized carbons (Fsp3) is 0.786. The fourth-order valence-corrected chi connectivity index (χ4v) is 2.88. The molecule has 1 heterocycles.